The molecule has 0 atom stereocenters. The fourth-order valence-electron chi connectivity index (χ4n) is 1.94. The first-order valence-corrected chi connectivity index (χ1v) is 5.91. The van der Waals surface area contributed by atoms with E-state index in [9.17, 15) is 0 Å². The van der Waals surface area contributed by atoms with E-state index in [1.807, 2.05) is 43.3 Å². The highest BCUT2D eigenvalue weighted by molar-refractivity contribution is 6.32. The van der Waals surface area contributed by atoms with Crippen LogP contribution in [0.5, 0.6) is 0 Å². The molecule has 0 radical (unpaired) electrons. The minimum absolute atomic E-state index is 0.385. The third-order valence-corrected chi connectivity index (χ3v) is 3.08. The first-order valence-electron chi connectivity index (χ1n) is 5.53. The van der Waals surface area contributed by atoms with Crippen molar-refractivity contribution in [2.24, 2.45) is 0 Å². The monoisotopic (exact) mass is 258 g/mol. The van der Waals surface area contributed by atoms with E-state index in [0.29, 0.717) is 11.0 Å². The highest BCUT2D eigenvalue weighted by Gasteiger charge is 2.13. The van der Waals surface area contributed by atoms with Crippen LogP contribution in [0.3, 0.4) is 0 Å². The average molecular weight is 259 g/mol. The molecule has 3 rings (SSSR count). The normalized spacial score (nSPS) is 11.0. The van der Waals surface area contributed by atoms with Gasteiger partial charge in [-0.2, -0.15) is 0 Å². The van der Waals surface area contributed by atoms with E-state index in [2.05, 4.69) is 9.97 Å². The summed E-state index contributed by atoms with van der Waals surface area (Å²) in [5.74, 6) is 0.385. The lowest BCUT2D eigenvalue weighted by Gasteiger charge is -2.07. The average Bonchev–Trinajstić information content (AvgIpc) is 2.66. The number of para-hydroxylation sites is 1. The van der Waals surface area contributed by atoms with E-state index in [1.54, 1.807) is 4.57 Å². The Bertz CT molecular complexity index is 733. The Labute approximate surface area is 109 Å². The first kappa shape index (κ1) is 11.0. The van der Waals surface area contributed by atoms with Crippen LogP contribution in [0, 0.1) is 6.92 Å². The van der Waals surface area contributed by atoms with Gasteiger partial charge >= 0.3 is 0 Å². The van der Waals surface area contributed by atoms with Gasteiger partial charge in [0.25, 0.3) is 0 Å². The molecule has 2 aromatic heterocycles. The van der Waals surface area contributed by atoms with E-state index in [-0.39, 0.29) is 0 Å². The molecule has 0 saturated carbocycles. The summed E-state index contributed by atoms with van der Waals surface area (Å²) < 4.78 is 1.77. The zero-order valence-corrected chi connectivity index (χ0v) is 10.5. The smallest absolute Gasteiger partial charge is 0.207 e. The molecule has 0 aliphatic carbocycles. The Balaban J connectivity index is 2.38. The van der Waals surface area contributed by atoms with Gasteiger partial charge in [-0.15, -0.1) is 0 Å². The molecular weight excluding hydrogens is 248 g/mol. The molecule has 0 fully saturated rings. The number of nitrogen functional groups attached to an aromatic ring is 1. The van der Waals surface area contributed by atoms with Crippen molar-refractivity contribution in [3.05, 3.63) is 47.1 Å². The molecule has 2 N–H and O–H groups in total. The highest BCUT2D eigenvalue weighted by atomic mass is 35.5. The van der Waals surface area contributed by atoms with Crippen molar-refractivity contribution in [1.82, 2.24) is 14.5 Å². The number of anilines is 1. The van der Waals surface area contributed by atoms with Crippen LogP contribution in [-0.2, 0) is 0 Å². The summed E-state index contributed by atoms with van der Waals surface area (Å²) in [6.45, 7) is 1.93. The maximum Gasteiger partial charge on any atom is 0.207 e. The molecule has 3 aromatic rings. The SMILES string of the molecule is Cc1ccc2nc(N)n(-c3ccccc3Cl)c2n1. The predicted octanol–water partition coefficient (Wildman–Crippen LogP) is 2.96. The molecule has 0 amide bonds. The number of nitrogens with zero attached hydrogens (tertiary/aromatic N) is 3. The van der Waals surface area contributed by atoms with Crippen LogP contribution in [-0.4, -0.2) is 14.5 Å². The topological polar surface area (TPSA) is 56.7 Å². The van der Waals surface area contributed by atoms with Crippen molar-refractivity contribution in [3.63, 3.8) is 0 Å². The Morgan fingerprint density at radius 1 is 1.11 bits per heavy atom. The molecule has 90 valence electrons. The van der Waals surface area contributed by atoms with E-state index in [4.69, 9.17) is 17.3 Å². The van der Waals surface area contributed by atoms with Gasteiger partial charge in [-0.25, -0.2) is 9.97 Å². The molecule has 4 nitrogen and oxygen atoms in total. The fraction of sp³-hybridized carbons (Fsp3) is 0.0769. The van der Waals surface area contributed by atoms with E-state index in [1.165, 1.54) is 0 Å². The molecule has 18 heavy (non-hydrogen) atoms. The van der Waals surface area contributed by atoms with Gasteiger partial charge in [-0.3, -0.25) is 4.57 Å². The summed E-state index contributed by atoms with van der Waals surface area (Å²) in [5, 5.41) is 0.617. The zero-order valence-electron chi connectivity index (χ0n) is 9.76. The summed E-state index contributed by atoms with van der Waals surface area (Å²) in [5.41, 5.74) is 9.14. The summed E-state index contributed by atoms with van der Waals surface area (Å²) in [6, 6.07) is 11.3. The predicted molar refractivity (Wildman–Crippen MR) is 73.0 cm³/mol. The molecule has 0 bridgehead atoms. The Kier molecular flexibility index (Phi) is 2.45. The molecule has 0 aliphatic rings. The number of nitrogens with two attached hydrogens (primary N) is 1. The van der Waals surface area contributed by atoms with Crippen LogP contribution in [0.2, 0.25) is 5.02 Å². The summed E-state index contributed by atoms with van der Waals surface area (Å²) >= 11 is 6.20. The molecule has 2 heterocycles. The lowest BCUT2D eigenvalue weighted by Crippen LogP contribution is -2.02. The first-order chi connectivity index (χ1) is 8.66. The molecule has 1 aromatic carbocycles. The van der Waals surface area contributed by atoms with Crippen molar-refractivity contribution in [2.45, 2.75) is 6.92 Å². The van der Waals surface area contributed by atoms with Crippen LogP contribution in [0.4, 0.5) is 5.95 Å². The van der Waals surface area contributed by atoms with Gasteiger partial charge in [0, 0.05) is 5.69 Å². The maximum absolute atomic E-state index is 6.20. The Morgan fingerprint density at radius 3 is 2.67 bits per heavy atom. The molecular formula is C13H11ClN4. The van der Waals surface area contributed by atoms with Crippen LogP contribution in [0.25, 0.3) is 16.9 Å². The van der Waals surface area contributed by atoms with Crippen molar-refractivity contribution < 1.29 is 0 Å². The van der Waals surface area contributed by atoms with Crippen molar-refractivity contribution in [3.8, 4) is 5.69 Å². The number of rotatable bonds is 1. The maximum atomic E-state index is 6.20. The number of aromatic nitrogens is 3. The Morgan fingerprint density at radius 2 is 1.89 bits per heavy atom. The van der Waals surface area contributed by atoms with Gasteiger partial charge in [0.05, 0.1) is 10.7 Å². The van der Waals surface area contributed by atoms with Gasteiger partial charge in [0.15, 0.2) is 5.65 Å². The van der Waals surface area contributed by atoms with Gasteiger partial charge in [0.1, 0.15) is 5.52 Å². The van der Waals surface area contributed by atoms with Gasteiger partial charge in [-0.1, -0.05) is 23.7 Å². The second-order valence-corrected chi connectivity index (χ2v) is 4.46. The number of hydrogen-bond donors (Lipinski definition) is 1. The number of pyridine rings is 1. The second-order valence-electron chi connectivity index (χ2n) is 4.05. The second kappa shape index (κ2) is 3.99. The molecule has 0 saturated heterocycles. The fourth-order valence-corrected chi connectivity index (χ4v) is 2.16. The largest absolute Gasteiger partial charge is 0.369 e. The summed E-state index contributed by atoms with van der Waals surface area (Å²) in [4.78, 5) is 8.77. The zero-order chi connectivity index (χ0) is 12.7. The number of aryl methyl sites for hydroxylation is 1. The third kappa shape index (κ3) is 1.62. The minimum atomic E-state index is 0.385. The van der Waals surface area contributed by atoms with E-state index >= 15 is 0 Å². The van der Waals surface area contributed by atoms with Crippen LogP contribution in [0.1, 0.15) is 5.69 Å². The lowest BCUT2D eigenvalue weighted by molar-refractivity contribution is 1.07. The molecule has 5 heteroatoms. The summed E-state index contributed by atoms with van der Waals surface area (Å²) in [7, 11) is 0. The number of halogens is 1. The third-order valence-electron chi connectivity index (χ3n) is 2.76. The number of fused-ring (bicyclic) bond motifs is 1. The minimum Gasteiger partial charge on any atom is -0.369 e. The van der Waals surface area contributed by atoms with Gasteiger partial charge in [0.2, 0.25) is 5.95 Å². The van der Waals surface area contributed by atoms with E-state index in [0.717, 1.165) is 22.5 Å². The van der Waals surface area contributed by atoms with Crippen LogP contribution in [0.15, 0.2) is 36.4 Å². The standard InChI is InChI=1S/C13H11ClN4/c1-8-6-7-10-12(16-8)18(13(15)17-10)11-5-3-2-4-9(11)14/h2-7H,1H3,(H2,15,17). The van der Waals surface area contributed by atoms with E-state index < -0.39 is 0 Å². The molecule has 0 aliphatic heterocycles. The van der Waals surface area contributed by atoms with Gasteiger partial charge < -0.3 is 5.73 Å². The number of hydrogen-bond acceptors (Lipinski definition) is 3. The van der Waals surface area contributed by atoms with Crippen LogP contribution < -0.4 is 5.73 Å². The van der Waals surface area contributed by atoms with Crippen molar-refractivity contribution >= 4 is 28.7 Å². The van der Waals surface area contributed by atoms with Crippen molar-refractivity contribution in [1.29, 1.82) is 0 Å². The van der Waals surface area contributed by atoms with Crippen molar-refractivity contribution in [2.75, 3.05) is 5.73 Å². The summed E-state index contributed by atoms with van der Waals surface area (Å²) in [6.07, 6.45) is 0. The lowest BCUT2D eigenvalue weighted by atomic mass is 10.3. The Hall–Kier alpha value is -2.07. The van der Waals surface area contributed by atoms with Gasteiger partial charge in [-0.05, 0) is 31.2 Å². The number of imidazole rings is 1. The quantitative estimate of drug-likeness (QED) is 0.730. The molecule has 0 spiro atoms. The molecule has 0 unspecified atom stereocenters. The highest BCUT2D eigenvalue weighted by Crippen LogP contribution is 2.26. The number of benzene rings is 1. The van der Waals surface area contributed by atoms with Crippen LogP contribution >= 0.6 is 11.6 Å².